The van der Waals surface area contributed by atoms with Crippen molar-refractivity contribution in [1.29, 1.82) is 0 Å². The molecular formula is C19H23NO2. The number of piperidine rings is 1. The van der Waals surface area contributed by atoms with Crippen LogP contribution < -0.4 is 9.47 Å². The highest BCUT2D eigenvalue weighted by Gasteiger charge is 2.63. The predicted octanol–water partition coefficient (Wildman–Crippen LogP) is 2.78. The monoisotopic (exact) mass is 297 g/mol. The van der Waals surface area contributed by atoms with Crippen LogP contribution in [0.15, 0.2) is 24.3 Å². The fraction of sp³-hybridized carbons (Fsp3) is 0.579. The Morgan fingerprint density at radius 3 is 3.00 bits per heavy atom. The quantitative estimate of drug-likeness (QED) is 0.744. The maximum atomic E-state index is 6.55. The molecule has 0 saturated carbocycles. The highest BCUT2D eigenvalue weighted by molar-refractivity contribution is 5.61. The molecule has 1 aromatic carbocycles. The van der Waals surface area contributed by atoms with Gasteiger partial charge in [0, 0.05) is 28.9 Å². The van der Waals surface area contributed by atoms with Crippen LogP contribution in [0.3, 0.4) is 0 Å². The highest BCUT2D eigenvalue weighted by atomic mass is 16.5. The molecule has 0 N–H and O–H groups in total. The third-order valence-electron chi connectivity index (χ3n) is 6.63. The number of methoxy groups -OCH3 is 1. The smallest absolute Gasteiger partial charge is 0.165 e. The van der Waals surface area contributed by atoms with Gasteiger partial charge in [0.15, 0.2) is 11.5 Å². The zero-order valence-electron chi connectivity index (χ0n) is 13.5. The number of likely N-dealkylation sites (N-methyl/N-ethyl adjacent to an activating group) is 1. The van der Waals surface area contributed by atoms with E-state index in [0.717, 1.165) is 24.5 Å². The molecule has 0 amide bonds. The van der Waals surface area contributed by atoms with Crippen LogP contribution >= 0.6 is 0 Å². The first-order valence-electron chi connectivity index (χ1n) is 8.42. The van der Waals surface area contributed by atoms with Gasteiger partial charge in [0.25, 0.3) is 0 Å². The van der Waals surface area contributed by atoms with E-state index in [9.17, 15) is 0 Å². The molecule has 1 spiro atoms. The molecule has 2 heterocycles. The number of ether oxygens (including phenoxy) is 2. The second kappa shape index (κ2) is 4.08. The molecule has 5 rings (SSSR count). The van der Waals surface area contributed by atoms with E-state index in [1.54, 1.807) is 7.11 Å². The zero-order valence-corrected chi connectivity index (χ0v) is 13.5. The largest absolute Gasteiger partial charge is 0.493 e. The number of hydrogen-bond acceptors (Lipinski definition) is 3. The summed E-state index contributed by atoms with van der Waals surface area (Å²) in [4.78, 5) is 2.55. The first kappa shape index (κ1) is 13.0. The Morgan fingerprint density at radius 2 is 2.18 bits per heavy atom. The van der Waals surface area contributed by atoms with E-state index in [2.05, 4.69) is 43.2 Å². The minimum absolute atomic E-state index is 0.169. The van der Waals surface area contributed by atoms with Crippen molar-refractivity contribution in [1.82, 2.24) is 4.90 Å². The van der Waals surface area contributed by atoms with E-state index in [1.165, 1.54) is 17.5 Å². The number of nitrogens with zero attached hydrogens (tertiary/aromatic N) is 1. The highest BCUT2D eigenvalue weighted by Crippen LogP contribution is 2.63. The molecular weight excluding hydrogens is 274 g/mol. The molecule has 0 radical (unpaired) electrons. The average Bonchev–Trinajstić information content (AvgIpc) is 2.88. The van der Waals surface area contributed by atoms with Crippen molar-refractivity contribution in [3.63, 3.8) is 0 Å². The van der Waals surface area contributed by atoms with Gasteiger partial charge in [-0.05, 0) is 38.1 Å². The molecule has 116 valence electrons. The van der Waals surface area contributed by atoms with E-state index in [4.69, 9.17) is 9.47 Å². The number of likely N-dealkylation sites (tertiary alicyclic amines) is 1. The Kier molecular flexibility index (Phi) is 2.41. The fourth-order valence-electron chi connectivity index (χ4n) is 5.65. The number of rotatable bonds is 1. The molecule has 1 saturated heterocycles. The Balaban J connectivity index is 1.82. The molecule has 2 bridgehead atoms. The van der Waals surface area contributed by atoms with Crippen molar-refractivity contribution in [3.8, 4) is 11.5 Å². The molecule has 5 unspecified atom stereocenters. The summed E-state index contributed by atoms with van der Waals surface area (Å²) in [6, 6.07) is 4.97. The van der Waals surface area contributed by atoms with Gasteiger partial charge in [0.05, 0.1) is 7.11 Å². The van der Waals surface area contributed by atoms with Crippen LogP contribution in [0.5, 0.6) is 11.5 Å². The van der Waals surface area contributed by atoms with Crippen molar-refractivity contribution in [2.45, 2.75) is 37.3 Å². The normalized spacial score (nSPS) is 41.0. The van der Waals surface area contributed by atoms with E-state index < -0.39 is 0 Å². The summed E-state index contributed by atoms with van der Waals surface area (Å²) in [7, 11) is 4.03. The van der Waals surface area contributed by atoms with Gasteiger partial charge < -0.3 is 14.4 Å². The molecule has 3 nitrogen and oxygen atoms in total. The number of hydrogen-bond donors (Lipinski definition) is 0. The molecule has 4 aliphatic rings. The second-order valence-electron chi connectivity index (χ2n) is 7.48. The van der Waals surface area contributed by atoms with E-state index in [1.807, 2.05) is 0 Å². The molecule has 0 aromatic heterocycles. The zero-order chi connectivity index (χ0) is 15.1. The summed E-state index contributed by atoms with van der Waals surface area (Å²) in [5.74, 6) is 2.98. The fourth-order valence-corrected chi connectivity index (χ4v) is 5.65. The molecule has 1 fully saturated rings. The van der Waals surface area contributed by atoms with Gasteiger partial charge >= 0.3 is 0 Å². The summed E-state index contributed by atoms with van der Waals surface area (Å²) >= 11 is 0. The van der Waals surface area contributed by atoms with E-state index in [0.29, 0.717) is 17.9 Å². The summed E-state index contributed by atoms with van der Waals surface area (Å²) < 4.78 is 12.2. The summed E-state index contributed by atoms with van der Waals surface area (Å²) in [5.41, 5.74) is 3.12. The SMILES string of the molecule is COc1ccc2c3c1OC1C(C)C=CC4C(C2)N(C)CCC341. The Bertz CT molecular complexity index is 682. The van der Waals surface area contributed by atoms with Crippen LogP contribution in [0.4, 0.5) is 0 Å². The minimum atomic E-state index is 0.169. The summed E-state index contributed by atoms with van der Waals surface area (Å²) in [6.07, 6.45) is 7.45. The molecule has 5 atom stereocenters. The Morgan fingerprint density at radius 1 is 1.32 bits per heavy atom. The van der Waals surface area contributed by atoms with Crippen molar-refractivity contribution >= 4 is 0 Å². The van der Waals surface area contributed by atoms with Gasteiger partial charge in [-0.3, -0.25) is 0 Å². The van der Waals surface area contributed by atoms with Gasteiger partial charge in [0.1, 0.15) is 6.10 Å². The van der Waals surface area contributed by atoms with Crippen molar-refractivity contribution in [2.24, 2.45) is 11.8 Å². The van der Waals surface area contributed by atoms with Crippen molar-refractivity contribution in [2.75, 3.05) is 20.7 Å². The van der Waals surface area contributed by atoms with E-state index >= 15 is 0 Å². The molecule has 3 heteroatoms. The first-order valence-corrected chi connectivity index (χ1v) is 8.42. The third-order valence-corrected chi connectivity index (χ3v) is 6.63. The van der Waals surface area contributed by atoms with Gasteiger partial charge in [-0.15, -0.1) is 0 Å². The van der Waals surface area contributed by atoms with Crippen LogP contribution in [0.25, 0.3) is 0 Å². The minimum Gasteiger partial charge on any atom is -0.493 e. The lowest BCUT2D eigenvalue weighted by atomic mass is 9.52. The molecule has 2 aliphatic heterocycles. The standard InChI is InChI=1S/C19H23NO2/c1-11-4-6-13-14-10-12-5-7-15(21-3)17-16(12)19(13,18(11)22-17)8-9-20(14)2/h4-7,11,13-14,18H,8-10H2,1-3H3. The topological polar surface area (TPSA) is 21.7 Å². The summed E-state index contributed by atoms with van der Waals surface area (Å²) in [6.45, 7) is 3.46. The maximum absolute atomic E-state index is 6.55. The third kappa shape index (κ3) is 1.28. The van der Waals surface area contributed by atoms with Crippen LogP contribution in [0, 0.1) is 11.8 Å². The van der Waals surface area contributed by atoms with Crippen molar-refractivity contribution in [3.05, 3.63) is 35.4 Å². The Labute approximate surface area is 131 Å². The van der Waals surface area contributed by atoms with Gasteiger partial charge in [-0.25, -0.2) is 0 Å². The lowest BCUT2D eigenvalue weighted by Gasteiger charge is -2.56. The van der Waals surface area contributed by atoms with Crippen LogP contribution in [0.1, 0.15) is 24.5 Å². The van der Waals surface area contributed by atoms with Crippen LogP contribution in [0.2, 0.25) is 0 Å². The van der Waals surface area contributed by atoms with Crippen LogP contribution in [-0.4, -0.2) is 37.7 Å². The lowest BCUT2D eigenvalue weighted by Crippen LogP contribution is -2.63. The molecule has 22 heavy (non-hydrogen) atoms. The second-order valence-corrected chi connectivity index (χ2v) is 7.48. The van der Waals surface area contributed by atoms with Gasteiger partial charge in [-0.2, -0.15) is 0 Å². The van der Waals surface area contributed by atoms with Gasteiger partial charge in [-0.1, -0.05) is 25.1 Å². The summed E-state index contributed by atoms with van der Waals surface area (Å²) in [5, 5.41) is 0. The lowest BCUT2D eigenvalue weighted by molar-refractivity contribution is -0.0144. The Hall–Kier alpha value is -1.48. The number of benzene rings is 1. The van der Waals surface area contributed by atoms with Crippen molar-refractivity contribution < 1.29 is 9.47 Å². The van der Waals surface area contributed by atoms with Crippen LogP contribution in [-0.2, 0) is 11.8 Å². The predicted molar refractivity (Wildman–Crippen MR) is 85.6 cm³/mol. The van der Waals surface area contributed by atoms with Gasteiger partial charge in [0.2, 0.25) is 0 Å². The average molecular weight is 297 g/mol. The molecule has 1 aromatic rings. The van der Waals surface area contributed by atoms with E-state index in [-0.39, 0.29) is 11.5 Å². The molecule has 2 aliphatic carbocycles. The first-order chi connectivity index (χ1) is 10.7. The maximum Gasteiger partial charge on any atom is 0.165 e.